The minimum atomic E-state index is -0.366. The van der Waals surface area contributed by atoms with Gasteiger partial charge in [0.1, 0.15) is 6.54 Å². The molecule has 1 heterocycles. The number of carbonyl (C=O) groups excluding carboxylic acids is 3. The Morgan fingerprint density at radius 3 is 2.46 bits per heavy atom. The Morgan fingerprint density at radius 1 is 1.21 bits per heavy atom. The number of halogens is 1. The lowest BCUT2D eigenvalue weighted by Crippen LogP contribution is -2.39. The first-order chi connectivity index (χ1) is 11.5. The first-order valence-electron chi connectivity index (χ1n) is 8.37. The van der Waals surface area contributed by atoms with Gasteiger partial charge in [0.2, 0.25) is 17.7 Å². The van der Waals surface area contributed by atoms with Crippen molar-refractivity contribution in [3.8, 4) is 0 Å². The number of benzene rings is 1. The third-order valence-electron chi connectivity index (χ3n) is 5.86. The molecule has 1 aromatic rings. The highest BCUT2D eigenvalue weighted by molar-refractivity contribution is 6.31. The monoisotopic (exact) mass is 346 g/mol. The van der Waals surface area contributed by atoms with Crippen LogP contribution in [0.1, 0.15) is 24.8 Å². The molecule has 1 aromatic carbocycles. The summed E-state index contributed by atoms with van der Waals surface area (Å²) in [6.07, 6.45) is 3.06. The number of hydrogen-bond acceptors (Lipinski definition) is 3. The molecule has 0 radical (unpaired) electrons. The maximum Gasteiger partial charge on any atom is 0.244 e. The van der Waals surface area contributed by atoms with Crippen molar-refractivity contribution in [2.75, 3.05) is 11.9 Å². The van der Waals surface area contributed by atoms with Crippen LogP contribution in [0.2, 0.25) is 5.02 Å². The van der Waals surface area contributed by atoms with Gasteiger partial charge in [0.25, 0.3) is 0 Å². The lowest BCUT2D eigenvalue weighted by atomic mass is 9.81. The molecule has 1 saturated heterocycles. The van der Waals surface area contributed by atoms with Crippen LogP contribution in [0.5, 0.6) is 0 Å². The molecule has 0 aromatic heterocycles. The summed E-state index contributed by atoms with van der Waals surface area (Å²) < 4.78 is 0. The van der Waals surface area contributed by atoms with Crippen molar-refractivity contribution in [1.29, 1.82) is 0 Å². The van der Waals surface area contributed by atoms with Crippen LogP contribution < -0.4 is 5.32 Å². The minimum absolute atomic E-state index is 0.157. The fourth-order valence-corrected chi connectivity index (χ4v) is 4.88. The molecule has 2 bridgehead atoms. The van der Waals surface area contributed by atoms with Crippen LogP contribution in [0.15, 0.2) is 18.2 Å². The van der Waals surface area contributed by atoms with E-state index in [2.05, 4.69) is 5.32 Å². The van der Waals surface area contributed by atoms with Gasteiger partial charge in [0.15, 0.2) is 0 Å². The molecular formula is C18H19ClN2O3. The Hall–Kier alpha value is -1.88. The Morgan fingerprint density at radius 2 is 1.83 bits per heavy atom. The number of nitrogens with one attached hydrogen (secondary N) is 1. The Balaban J connectivity index is 1.47. The van der Waals surface area contributed by atoms with Crippen molar-refractivity contribution in [2.45, 2.75) is 26.2 Å². The van der Waals surface area contributed by atoms with E-state index >= 15 is 0 Å². The normalized spacial score (nSPS) is 30.8. The number of likely N-dealkylation sites (tertiary alicyclic amines) is 1. The lowest BCUT2D eigenvalue weighted by molar-refractivity contribution is -0.143. The largest absolute Gasteiger partial charge is 0.324 e. The molecule has 4 atom stereocenters. The highest BCUT2D eigenvalue weighted by Gasteiger charge is 2.60. The first-order valence-corrected chi connectivity index (χ1v) is 8.75. The maximum absolute atomic E-state index is 12.6. The molecule has 0 unspecified atom stereocenters. The number of rotatable bonds is 3. The van der Waals surface area contributed by atoms with Crippen LogP contribution in [-0.2, 0) is 14.4 Å². The van der Waals surface area contributed by atoms with Gasteiger partial charge in [-0.15, -0.1) is 0 Å². The summed E-state index contributed by atoms with van der Waals surface area (Å²) in [4.78, 5) is 38.7. The smallest absolute Gasteiger partial charge is 0.244 e. The average molecular weight is 347 g/mol. The van der Waals surface area contributed by atoms with Gasteiger partial charge in [-0.25, -0.2) is 0 Å². The molecule has 24 heavy (non-hydrogen) atoms. The van der Waals surface area contributed by atoms with Gasteiger partial charge in [-0.2, -0.15) is 0 Å². The number of fused-ring (bicyclic) bond motifs is 5. The van der Waals surface area contributed by atoms with Gasteiger partial charge in [0, 0.05) is 10.7 Å². The zero-order valence-corrected chi connectivity index (χ0v) is 14.2. The van der Waals surface area contributed by atoms with Crippen LogP contribution in [0.4, 0.5) is 5.69 Å². The summed E-state index contributed by atoms with van der Waals surface area (Å²) in [5.41, 5.74) is 1.37. The van der Waals surface area contributed by atoms with Crippen LogP contribution in [-0.4, -0.2) is 29.2 Å². The third kappa shape index (κ3) is 2.25. The Bertz CT molecular complexity index is 720. The molecule has 3 amide bonds. The quantitative estimate of drug-likeness (QED) is 0.855. The molecular weight excluding hydrogens is 328 g/mol. The second-order valence-electron chi connectivity index (χ2n) is 7.11. The van der Waals surface area contributed by atoms with E-state index in [0.29, 0.717) is 22.5 Å². The molecule has 4 rings (SSSR count). The molecule has 6 heteroatoms. The zero-order valence-electron chi connectivity index (χ0n) is 13.4. The number of nitrogens with zero attached hydrogens (tertiary/aromatic N) is 1. The predicted molar refractivity (Wildman–Crippen MR) is 89.3 cm³/mol. The highest BCUT2D eigenvalue weighted by Crippen LogP contribution is 2.56. The van der Waals surface area contributed by atoms with Crippen LogP contribution in [0.3, 0.4) is 0 Å². The molecule has 0 spiro atoms. The number of hydrogen-bond donors (Lipinski definition) is 1. The molecule has 1 aliphatic heterocycles. The first kappa shape index (κ1) is 15.6. The van der Waals surface area contributed by atoms with Crippen LogP contribution >= 0.6 is 11.6 Å². The topological polar surface area (TPSA) is 66.5 Å². The van der Waals surface area contributed by atoms with Crippen molar-refractivity contribution < 1.29 is 14.4 Å². The van der Waals surface area contributed by atoms with E-state index in [1.165, 1.54) is 0 Å². The molecule has 3 aliphatic rings. The molecule has 5 nitrogen and oxygen atoms in total. The molecule has 126 valence electrons. The molecule has 2 aliphatic carbocycles. The van der Waals surface area contributed by atoms with Crippen molar-refractivity contribution in [2.24, 2.45) is 23.7 Å². The third-order valence-corrected chi connectivity index (χ3v) is 6.27. The van der Waals surface area contributed by atoms with Gasteiger partial charge in [0.05, 0.1) is 11.8 Å². The van der Waals surface area contributed by atoms with Crippen molar-refractivity contribution >= 4 is 35.0 Å². The van der Waals surface area contributed by atoms with Crippen molar-refractivity contribution in [3.63, 3.8) is 0 Å². The van der Waals surface area contributed by atoms with E-state index in [0.717, 1.165) is 29.7 Å². The van der Waals surface area contributed by atoms with E-state index in [4.69, 9.17) is 11.6 Å². The number of amides is 3. The summed E-state index contributed by atoms with van der Waals surface area (Å²) in [6.45, 7) is 1.60. The van der Waals surface area contributed by atoms with Gasteiger partial charge >= 0.3 is 0 Å². The summed E-state index contributed by atoms with van der Waals surface area (Å²) in [5, 5.41) is 3.32. The van der Waals surface area contributed by atoms with Crippen molar-refractivity contribution in [1.82, 2.24) is 4.90 Å². The average Bonchev–Trinajstić information content (AvgIpc) is 3.22. The molecule has 3 fully saturated rings. The summed E-state index contributed by atoms with van der Waals surface area (Å²) in [6, 6.07) is 5.25. The minimum Gasteiger partial charge on any atom is -0.324 e. The van der Waals surface area contributed by atoms with E-state index in [1.54, 1.807) is 18.2 Å². The van der Waals surface area contributed by atoms with Crippen LogP contribution in [0, 0.1) is 30.6 Å². The Labute approximate surface area is 145 Å². The van der Waals surface area contributed by atoms with Gasteiger partial charge in [-0.1, -0.05) is 17.7 Å². The van der Waals surface area contributed by atoms with E-state index in [1.807, 2.05) is 6.92 Å². The fourth-order valence-electron chi connectivity index (χ4n) is 4.70. The predicted octanol–water partition coefficient (Wildman–Crippen LogP) is 2.62. The lowest BCUT2D eigenvalue weighted by Gasteiger charge is -2.19. The van der Waals surface area contributed by atoms with E-state index in [-0.39, 0.29) is 36.1 Å². The Kier molecular flexibility index (Phi) is 3.64. The molecule has 2 saturated carbocycles. The highest BCUT2D eigenvalue weighted by atomic mass is 35.5. The summed E-state index contributed by atoms with van der Waals surface area (Å²) in [7, 11) is 0. The SMILES string of the molecule is Cc1c(Cl)cccc1NC(=O)CN1C(=O)[C@@H]2[C@@H]3CC[C@H](C3)[C@@H]2C1=O. The molecule has 1 N–H and O–H groups in total. The van der Waals surface area contributed by atoms with E-state index in [9.17, 15) is 14.4 Å². The second-order valence-corrected chi connectivity index (χ2v) is 7.52. The summed E-state index contributed by atoms with van der Waals surface area (Å²) in [5.74, 6) is -0.381. The number of carbonyl (C=O) groups is 3. The summed E-state index contributed by atoms with van der Waals surface area (Å²) >= 11 is 6.05. The fraction of sp³-hybridized carbons (Fsp3) is 0.500. The van der Waals surface area contributed by atoms with Gasteiger partial charge < -0.3 is 5.32 Å². The van der Waals surface area contributed by atoms with E-state index < -0.39 is 0 Å². The zero-order chi connectivity index (χ0) is 17.0. The number of imide groups is 1. The van der Waals surface area contributed by atoms with Crippen LogP contribution in [0.25, 0.3) is 0 Å². The number of anilines is 1. The van der Waals surface area contributed by atoms with Crippen molar-refractivity contribution in [3.05, 3.63) is 28.8 Å². The maximum atomic E-state index is 12.6. The standard InChI is InChI=1S/C18H19ClN2O3/c1-9-12(19)3-2-4-13(9)20-14(22)8-21-17(23)15-10-5-6-11(7-10)16(15)18(21)24/h2-4,10-11,15-16H,5-8H2,1H3,(H,20,22)/t10-,11-,15-,16+/m1/s1. The van der Waals surface area contributed by atoms with Gasteiger partial charge in [-0.05, 0) is 55.7 Å². The second kappa shape index (κ2) is 5.59. The van der Waals surface area contributed by atoms with Gasteiger partial charge in [-0.3, -0.25) is 19.3 Å².